The van der Waals surface area contributed by atoms with E-state index in [4.69, 9.17) is 4.74 Å². The van der Waals surface area contributed by atoms with E-state index in [1.165, 1.54) is 25.3 Å². The molecule has 1 fully saturated rings. The van der Waals surface area contributed by atoms with Gasteiger partial charge >= 0.3 is 0 Å². The lowest BCUT2D eigenvalue weighted by atomic mass is 10.2. The zero-order chi connectivity index (χ0) is 22.0. The summed E-state index contributed by atoms with van der Waals surface area (Å²) >= 11 is 3.88. The number of carbonyl (C=O) groups excluding carboxylic acids is 3. The van der Waals surface area contributed by atoms with Crippen LogP contribution in [0.2, 0.25) is 0 Å². The molecule has 0 spiro atoms. The van der Waals surface area contributed by atoms with Crippen molar-refractivity contribution >= 4 is 56.5 Å². The van der Waals surface area contributed by atoms with Crippen molar-refractivity contribution in [2.24, 2.45) is 0 Å². The summed E-state index contributed by atoms with van der Waals surface area (Å²) in [5, 5.41) is 11.3. The third-order valence-corrected chi connectivity index (χ3v) is 5.56. The Morgan fingerprint density at radius 3 is 2.70 bits per heavy atom. The highest BCUT2D eigenvalue weighted by Crippen LogP contribution is 2.37. The van der Waals surface area contributed by atoms with Gasteiger partial charge in [0.25, 0.3) is 11.1 Å². The van der Waals surface area contributed by atoms with Gasteiger partial charge in [-0.25, -0.2) is 8.78 Å². The van der Waals surface area contributed by atoms with Crippen molar-refractivity contribution in [3.05, 3.63) is 56.9 Å². The Balaban J connectivity index is 1.76. The van der Waals surface area contributed by atoms with Gasteiger partial charge in [0.15, 0.2) is 11.5 Å². The molecule has 7 nitrogen and oxygen atoms in total. The number of carbonyl (C=O) groups is 3. The molecule has 30 heavy (non-hydrogen) atoms. The lowest BCUT2D eigenvalue weighted by molar-refractivity contribution is -0.127. The topological polar surface area (TPSA) is 95.9 Å². The monoisotopic (exact) mass is 498 g/mol. The van der Waals surface area contributed by atoms with Crippen molar-refractivity contribution in [1.29, 1.82) is 0 Å². The molecule has 0 aliphatic carbocycles. The maximum absolute atomic E-state index is 13.7. The molecule has 0 atom stereocenters. The number of nitrogens with one attached hydrogen (secondary N) is 1. The van der Waals surface area contributed by atoms with E-state index >= 15 is 0 Å². The predicted octanol–water partition coefficient (Wildman–Crippen LogP) is 4.12. The van der Waals surface area contributed by atoms with Crippen molar-refractivity contribution in [2.75, 3.05) is 19.0 Å². The van der Waals surface area contributed by atoms with E-state index in [0.29, 0.717) is 32.8 Å². The number of imide groups is 1. The molecule has 3 rings (SSSR count). The van der Waals surface area contributed by atoms with Crippen LogP contribution >= 0.6 is 27.7 Å². The first-order chi connectivity index (χ1) is 14.2. The van der Waals surface area contributed by atoms with E-state index in [9.17, 15) is 28.3 Å². The zero-order valence-corrected chi connectivity index (χ0v) is 17.6. The smallest absolute Gasteiger partial charge is 0.294 e. The van der Waals surface area contributed by atoms with Gasteiger partial charge in [0.1, 0.15) is 18.2 Å². The van der Waals surface area contributed by atoms with Crippen LogP contribution in [0.3, 0.4) is 0 Å². The molecule has 0 radical (unpaired) electrons. The van der Waals surface area contributed by atoms with Crippen molar-refractivity contribution in [1.82, 2.24) is 4.90 Å². The number of halogens is 3. The second-order valence-electron chi connectivity index (χ2n) is 5.99. The number of phenolic OH excluding ortho intramolecular Hbond substituents is 1. The summed E-state index contributed by atoms with van der Waals surface area (Å²) in [4.78, 5) is 37.7. The number of methoxy groups -OCH3 is 1. The number of hydrogen-bond acceptors (Lipinski definition) is 6. The van der Waals surface area contributed by atoms with E-state index in [1.807, 2.05) is 0 Å². The molecule has 0 unspecified atom stereocenters. The Bertz CT molecular complexity index is 1090. The lowest BCUT2D eigenvalue weighted by Crippen LogP contribution is -2.36. The molecule has 1 heterocycles. The first-order valence-electron chi connectivity index (χ1n) is 8.26. The van der Waals surface area contributed by atoms with Gasteiger partial charge < -0.3 is 15.2 Å². The summed E-state index contributed by atoms with van der Waals surface area (Å²) < 4.78 is 32.1. The quantitative estimate of drug-likeness (QED) is 0.602. The highest BCUT2D eigenvalue weighted by atomic mass is 79.9. The number of ether oxygens (including phenoxy) is 1. The zero-order valence-electron chi connectivity index (χ0n) is 15.2. The number of nitrogens with zero attached hydrogens (tertiary/aromatic N) is 1. The fraction of sp³-hybridized carbons (Fsp3) is 0.105. The van der Waals surface area contributed by atoms with E-state index in [2.05, 4.69) is 21.2 Å². The number of amides is 3. The normalized spacial score (nSPS) is 15.1. The van der Waals surface area contributed by atoms with Gasteiger partial charge in [-0.05, 0) is 47.7 Å². The van der Waals surface area contributed by atoms with Crippen LogP contribution in [0.15, 0.2) is 39.7 Å². The van der Waals surface area contributed by atoms with Crippen molar-refractivity contribution in [3.63, 3.8) is 0 Å². The molecule has 2 aromatic carbocycles. The maximum Gasteiger partial charge on any atom is 0.294 e. The standard InChI is InChI=1S/C19H13BrF2N2O5S/c1-29-15-4-9(11(20)7-14(15)25)5-16-18(27)24(19(28)30-16)8-17(26)23-13-3-2-10(21)6-12(13)22/h2-7,25H,8H2,1H3,(H,23,26)/b16-5-. The average molecular weight is 499 g/mol. The molecular weight excluding hydrogens is 486 g/mol. The largest absolute Gasteiger partial charge is 0.504 e. The van der Waals surface area contributed by atoms with E-state index in [1.54, 1.807) is 0 Å². The Hall–Kier alpha value is -2.92. The van der Waals surface area contributed by atoms with Crippen molar-refractivity contribution < 1.29 is 33.0 Å². The molecule has 0 bridgehead atoms. The van der Waals surface area contributed by atoms with Crippen LogP contribution in [0, 0.1) is 11.6 Å². The first-order valence-corrected chi connectivity index (χ1v) is 9.87. The number of anilines is 1. The molecule has 2 N–H and O–H groups in total. The van der Waals surface area contributed by atoms with Crippen LogP contribution in [0.1, 0.15) is 5.56 Å². The summed E-state index contributed by atoms with van der Waals surface area (Å²) in [6.45, 7) is -0.640. The molecule has 11 heteroatoms. The van der Waals surface area contributed by atoms with Gasteiger partial charge in [0, 0.05) is 10.5 Å². The van der Waals surface area contributed by atoms with E-state index in [0.717, 1.165) is 12.1 Å². The number of benzene rings is 2. The molecule has 1 aliphatic heterocycles. The number of phenols is 1. The molecule has 3 amide bonds. The summed E-state index contributed by atoms with van der Waals surface area (Å²) in [6, 6.07) is 5.44. The highest BCUT2D eigenvalue weighted by molar-refractivity contribution is 9.10. The summed E-state index contributed by atoms with van der Waals surface area (Å²) in [6.07, 6.45) is 1.41. The fourth-order valence-corrected chi connectivity index (χ4v) is 3.81. The predicted molar refractivity (Wildman–Crippen MR) is 110 cm³/mol. The minimum Gasteiger partial charge on any atom is -0.504 e. The molecule has 0 aromatic heterocycles. The first kappa shape index (κ1) is 21.8. The number of hydrogen-bond donors (Lipinski definition) is 2. The fourth-order valence-electron chi connectivity index (χ4n) is 2.53. The van der Waals surface area contributed by atoms with Gasteiger partial charge in [-0.2, -0.15) is 0 Å². The van der Waals surface area contributed by atoms with Crippen molar-refractivity contribution in [2.45, 2.75) is 0 Å². The van der Waals surface area contributed by atoms with Crippen LogP contribution in [0.4, 0.5) is 19.3 Å². The van der Waals surface area contributed by atoms with Gasteiger partial charge in [-0.3, -0.25) is 19.3 Å². The SMILES string of the molecule is COc1cc(/C=C2\SC(=O)N(CC(=O)Nc3ccc(F)cc3F)C2=O)c(Br)cc1O. The Morgan fingerprint density at radius 2 is 2.03 bits per heavy atom. The molecule has 0 saturated carbocycles. The highest BCUT2D eigenvalue weighted by Gasteiger charge is 2.36. The Morgan fingerprint density at radius 1 is 1.30 bits per heavy atom. The van der Waals surface area contributed by atoms with Crippen LogP contribution in [0.25, 0.3) is 6.08 Å². The van der Waals surface area contributed by atoms with Gasteiger partial charge in [-0.1, -0.05) is 15.9 Å². The lowest BCUT2D eigenvalue weighted by Gasteiger charge is -2.13. The van der Waals surface area contributed by atoms with Gasteiger partial charge in [-0.15, -0.1) is 0 Å². The number of aromatic hydroxyl groups is 1. The summed E-state index contributed by atoms with van der Waals surface area (Å²) in [7, 11) is 1.36. The second kappa shape index (κ2) is 8.84. The van der Waals surface area contributed by atoms with Gasteiger partial charge in [0.05, 0.1) is 17.7 Å². The summed E-state index contributed by atoms with van der Waals surface area (Å²) in [5.74, 6) is -3.26. The number of thioether (sulfide) groups is 1. The van der Waals surface area contributed by atoms with Crippen LogP contribution in [-0.2, 0) is 9.59 Å². The molecule has 2 aromatic rings. The Labute approximate surface area is 181 Å². The summed E-state index contributed by atoms with van der Waals surface area (Å²) in [5.41, 5.74) is 0.192. The second-order valence-corrected chi connectivity index (χ2v) is 7.83. The minimum atomic E-state index is -0.983. The molecular formula is C19H13BrF2N2O5S. The van der Waals surface area contributed by atoms with Crippen LogP contribution in [0.5, 0.6) is 11.5 Å². The van der Waals surface area contributed by atoms with Gasteiger partial charge in [0.2, 0.25) is 5.91 Å². The third kappa shape index (κ3) is 4.62. The van der Waals surface area contributed by atoms with E-state index < -0.39 is 35.2 Å². The minimum absolute atomic E-state index is 0.0502. The van der Waals surface area contributed by atoms with Crippen LogP contribution in [-0.4, -0.2) is 40.7 Å². The average Bonchev–Trinajstić information content (AvgIpc) is 2.93. The maximum atomic E-state index is 13.7. The molecule has 1 saturated heterocycles. The molecule has 156 valence electrons. The molecule has 1 aliphatic rings. The van der Waals surface area contributed by atoms with Crippen molar-refractivity contribution in [3.8, 4) is 11.5 Å². The van der Waals surface area contributed by atoms with Crippen LogP contribution < -0.4 is 10.1 Å². The number of rotatable bonds is 5. The third-order valence-electron chi connectivity index (χ3n) is 3.97. The Kier molecular flexibility index (Phi) is 6.42. The van der Waals surface area contributed by atoms with E-state index in [-0.39, 0.29) is 22.1 Å².